The summed E-state index contributed by atoms with van der Waals surface area (Å²) in [5.74, 6) is -0.949. The molecule has 0 saturated heterocycles. The number of hydrogen-bond acceptors (Lipinski definition) is 4. The lowest BCUT2D eigenvalue weighted by atomic mass is 9.83. The van der Waals surface area contributed by atoms with Crippen LogP contribution < -0.4 is 0 Å². The third-order valence-corrected chi connectivity index (χ3v) is 3.50. The lowest BCUT2D eigenvalue weighted by Crippen LogP contribution is -2.22. The first-order valence-electron chi connectivity index (χ1n) is 7.02. The van der Waals surface area contributed by atoms with Crippen LogP contribution >= 0.6 is 0 Å². The van der Waals surface area contributed by atoms with Gasteiger partial charge >= 0.3 is 5.97 Å². The summed E-state index contributed by atoms with van der Waals surface area (Å²) >= 11 is 0. The van der Waals surface area contributed by atoms with E-state index in [1.54, 1.807) is 38.1 Å². The summed E-state index contributed by atoms with van der Waals surface area (Å²) in [7, 11) is 0. The molecule has 110 valence electrons. The van der Waals surface area contributed by atoms with Crippen molar-refractivity contribution in [2.24, 2.45) is 0 Å². The van der Waals surface area contributed by atoms with Crippen LogP contribution in [-0.2, 0) is 4.74 Å². The van der Waals surface area contributed by atoms with Gasteiger partial charge in [0, 0.05) is 22.3 Å². The highest BCUT2D eigenvalue weighted by Crippen LogP contribution is 2.28. The van der Waals surface area contributed by atoms with Gasteiger partial charge in [0.25, 0.3) is 0 Å². The smallest absolute Gasteiger partial charge is 0.338 e. The molecule has 1 aliphatic carbocycles. The first-order chi connectivity index (χ1) is 10.5. The van der Waals surface area contributed by atoms with Crippen molar-refractivity contribution in [3.05, 3.63) is 70.3 Å². The molecule has 0 radical (unpaired) electrons. The molecule has 4 nitrogen and oxygen atoms in total. The number of carbonyl (C=O) groups excluding carboxylic acids is 3. The van der Waals surface area contributed by atoms with Crippen molar-refractivity contribution < 1.29 is 19.1 Å². The average Bonchev–Trinajstić information content (AvgIpc) is 2.51. The molecule has 0 spiro atoms. The number of benzene rings is 2. The number of ketones is 2. The molecule has 0 aromatic heterocycles. The molecule has 0 fully saturated rings. The van der Waals surface area contributed by atoms with Gasteiger partial charge in [-0.2, -0.15) is 0 Å². The van der Waals surface area contributed by atoms with E-state index in [1.807, 2.05) is 0 Å². The summed E-state index contributed by atoms with van der Waals surface area (Å²) in [6.07, 6.45) is -0.249. The molecule has 22 heavy (non-hydrogen) atoms. The van der Waals surface area contributed by atoms with Crippen molar-refractivity contribution in [1.82, 2.24) is 0 Å². The Labute approximate surface area is 127 Å². The van der Waals surface area contributed by atoms with Crippen molar-refractivity contribution in [2.45, 2.75) is 20.0 Å². The lowest BCUT2D eigenvalue weighted by Gasteiger charge is -2.18. The summed E-state index contributed by atoms with van der Waals surface area (Å²) in [5, 5.41) is 0. The zero-order valence-electron chi connectivity index (χ0n) is 12.3. The minimum atomic E-state index is -0.503. The SMILES string of the molecule is CC(C)OC(=O)c1ccc2c(c1)C(=O)c1ccccc1C2=O. The van der Waals surface area contributed by atoms with E-state index in [0.29, 0.717) is 16.7 Å². The Kier molecular flexibility index (Phi) is 3.37. The second kappa shape index (κ2) is 5.22. The molecule has 0 aliphatic heterocycles. The van der Waals surface area contributed by atoms with E-state index in [9.17, 15) is 14.4 Å². The van der Waals surface area contributed by atoms with E-state index in [2.05, 4.69) is 0 Å². The highest BCUT2D eigenvalue weighted by atomic mass is 16.5. The van der Waals surface area contributed by atoms with Gasteiger partial charge in [-0.25, -0.2) is 4.79 Å². The highest BCUT2D eigenvalue weighted by Gasteiger charge is 2.30. The Bertz CT molecular complexity index is 802. The molecular weight excluding hydrogens is 280 g/mol. The molecule has 2 aromatic rings. The first-order valence-corrected chi connectivity index (χ1v) is 7.02. The number of carbonyl (C=O) groups is 3. The maximum Gasteiger partial charge on any atom is 0.338 e. The van der Waals surface area contributed by atoms with Gasteiger partial charge in [-0.05, 0) is 32.0 Å². The Morgan fingerprint density at radius 1 is 0.864 bits per heavy atom. The number of ether oxygens (including phenoxy) is 1. The van der Waals surface area contributed by atoms with Crippen LogP contribution in [0.4, 0.5) is 0 Å². The minimum Gasteiger partial charge on any atom is -0.459 e. The van der Waals surface area contributed by atoms with Crippen LogP contribution in [0.3, 0.4) is 0 Å². The van der Waals surface area contributed by atoms with E-state index in [4.69, 9.17) is 4.74 Å². The molecule has 4 heteroatoms. The van der Waals surface area contributed by atoms with Crippen LogP contribution in [0.2, 0.25) is 0 Å². The molecule has 1 aliphatic rings. The second-order valence-electron chi connectivity index (χ2n) is 5.42. The largest absolute Gasteiger partial charge is 0.459 e. The van der Waals surface area contributed by atoms with Crippen LogP contribution in [-0.4, -0.2) is 23.6 Å². The van der Waals surface area contributed by atoms with Crippen LogP contribution in [0.15, 0.2) is 42.5 Å². The fraction of sp³-hybridized carbons (Fsp3) is 0.167. The molecule has 0 amide bonds. The summed E-state index contributed by atoms with van der Waals surface area (Å²) in [4.78, 5) is 36.9. The van der Waals surface area contributed by atoms with Gasteiger partial charge in [0.05, 0.1) is 11.7 Å². The van der Waals surface area contributed by atoms with Crippen LogP contribution in [0.25, 0.3) is 0 Å². The Morgan fingerprint density at radius 3 is 2.00 bits per heavy atom. The number of rotatable bonds is 2. The minimum absolute atomic E-state index is 0.200. The van der Waals surface area contributed by atoms with Gasteiger partial charge in [-0.1, -0.05) is 24.3 Å². The fourth-order valence-corrected chi connectivity index (χ4v) is 2.51. The zero-order chi connectivity index (χ0) is 15.9. The lowest BCUT2D eigenvalue weighted by molar-refractivity contribution is 0.0377. The van der Waals surface area contributed by atoms with E-state index in [0.717, 1.165) is 0 Å². The van der Waals surface area contributed by atoms with Crippen molar-refractivity contribution >= 4 is 17.5 Å². The standard InChI is InChI=1S/C18H14O4/c1-10(2)22-18(21)11-7-8-14-15(9-11)17(20)13-6-4-3-5-12(13)16(14)19/h3-10H,1-2H3. The van der Waals surface area contributed by atoms with Gasteiger partial charge < -0.3 is 4.74 Å². The maximum atomic E-state index is 12.5. The summed E-state index contributed by atoms with van der Waals surface area (Å²) in [6.45, 7) is 3.50. The van der Waals surface area contributed by atoms with Gasteiger partial charge in [-0.3, -0.25) is 9.59 Å². The predicted molar refractivity (Wildman–Crippen MR) is 80.3 cm³/mol. The molecule has 0 atom stereocenters. The third-order valence-electron chi connectivity index (χ3n) is 3.50. The second-order valence-corrected chi connectivity index (χ2v) is 5.42. The molecule has 0 N–H and O–H groups in total. The van der Waals surface area contributed by atoms with E-state index < -0.39 is 5.97 Å². The quantitative estimate of drug-likeness (QED) is 0.682. The predicted octanol–water partition coefficient (Wildman–Crippen LogP) is 3.03. The molecule has 0 heterocycles. The third kappa shape index (κ3) is 2.22. The van der Waals surface area contributed by atoms with Crippen LogP contribution in [0, 0.1) is 0 Å². The van der Waals surface area contributed by atoms with Crippen molar-refractivity contribution in [3.8, 4) is 0 Å². The van der Waals surface area contributed by atoms with Crippen LogP contribution in [0.1, 0.15) is 56.0 Å². The number of fused-ring (bicyclic) bond motifs is 2. The first kappa shape index (κ1) is 14.2. The molecule has 0 saturated carbocycles. The average molecular weight is 294 g/mol. The molecule has 0 unspecified atom stereocenters. The van der Waals surface area contributed by atoms with Gasteiger partial charge in [0.2, 0.25) is 0 Å². The summed E-state index contributed by atoms with van der Waals surface area (Å²) < 4.78 is 5.12. The zero-order valence-corrected chi connectivity index (χ0v) is 12.3. The molecule has 2 aromatic carbocycles. The normalized spacial score (nSPS) is 12.9. The molecular formula is C18H14O4. The molecule has 0 bridgehead atoms. The van der Waals surface area contributed by atoms with E-state index in [1.165, 1.54) is 18.2 Å². The Hall–Kier alpha value is -2.75. The summed E-state index contributed by atoms with van der Waals surface area (Å²) in [6, 6.07) is 11.2. The Morgan fingerprint density at radius 2 is 1.41 bits per heavy atom. The number of hydrogen-bond donors (Lipinski definition) is 0. The van der Waals surface area contributed by atoms with Crippen molar-refractivity contribution in [2.75, 3.05) is 0 Å². The topological polar surface area (TPSA) is 60.4 Å². The molecule has 3 rings (SSSR count). The van der Waals surface area contributed by atoms with Crippen LogP contribution in [0.5, 0.6) is 0 Å². The Balaban J connectivity index is 2.08. The van der Waals surface area contributed by atoms with Crippen molar-refractivity contribution in [3.63, 3.8) is 0 Å². The summed E-state index contributed by atoms with van der Waals surface area (Å²) in [5.41, 5.74) is 1.62. The van der Waals surface area contributed by atoms with Gasteiger partial charge in [0.15, 0.2) is 11.6 Å². The maximum absolute atomic E-state index is 12.5. The fourth-order valence-electron chi connectivity index (χ4n) is 2.51. The monoisotopic (exact) mass is 294 g/mol. The van der Waals surface area contributed by atoms with E-state index >= 15 is 0 Å². The van der Waals surface area contributed by atoms with Gasteiger partial charge in [0.1, 0.15) is 0 Å². The van der Waals surface area contributed by atoms with Crippen molar-refractivity contribution in [1.29, 1.82) is 0 Å². The van der Waals surface area contributed by atoms with E-state index in [-0.39, 0.29) is 28.8 Å². The van der Waals surface area contributed by atoms with Gasteiger partial charge in [-0.15, -0.1) is 0 Å². The number of esters is 1. The highest BCUT2D eigenvalue weighted by molar-refractivity contribution is 6.28.